The fraction of sp³-hybridized carbons (Fsp3) is 0.286. The summed E-state index contributed by atoms with van der Waals surface area (Å²) in [7, 11) is 0. The Kier molecular flexibility index (Phi) is 5.25. The highest BCUT2D eigenvalue weighted by molar-refractivity contribution is 5.78. The Hall–Kier alpha value is -2.99. The molecule has 1 aromatic carbocycles. The molecule has 6 nitrogen and oxygen atoms in total. The number of ether oxygens (including phenoxy) is 1. The van der Waals surface area contributed by atoms with Crippen LogP contribution in [0, 0.1) is 0 Å². The summed E-state index contributed by atoms with van der Waals surface area (Å²) < 4.78 is 16.6. The monoisotopic (exact) mass is 366 g/mol. The van der Waals surface area contributed by atoms with Gasteiger partial charge in [-0.2, -0.15) is 0 Å². The molecule has 0 bridgehead atoms. The molecule has 0 aliphatic carbocycles. The highest BCUT2D eigenvalue weighted by Gasteiger charge is 2.23. The molecule has 0 radical (unpaired) electrons. The molecule has 0 fully saturated rings. The van der Waals surface area contributed by atoms with Gasteiger partial charge in [-0.1, -0.05) is 18.2 Å². The van der Waals surface area contributed by atoms with Crippen LogP contribution in [0.3, 0.4) is 0 Å². The van der Waals surface area contributed by atoms with E-state index in [0.29, 0.717) is 19.7 Å². The highest BCUT2D eigenvalue weighted by Crippen LogP contribution is 2.31. The van der Waals surface area contributed by atoms with E-state index in [9.17, 15) is 4.79 Å². The second-order valence-electron chi connectivity index (χ2n) is 6.60. The third-order valence-corrected chi connectivity index (χ3v) is 4.58. The zero-order valence-electron chi connectivity index (χ0n) is 15.0. The van der Waals surface area contributed by atoms with Gasteiger partial charge in [0.05, 0.1) is 44.8 Å². The molecule has 4 rings (SSSR count). The molecule has 27 heavy (non-hydrogen) atoms. The SMILES string of the molecule is O=C(CN(Cc1ccco1)Cc1ccco1)NC1CCOc2ccccc21. The van der Waals surface area contributed by atoms with Crippen molar-refractivity contribution in [2.45, 2.75) is 25.6 Å². The molecule has 1 N–H and O–H groups in total. The van der Waals surface area contributed by atoms with Gasteiger partial charge in [-0.25, -0.2) is 0 Å². The van der Waals surface area contributed by atoms with Gasteiger partial charge in [0.1, 0.15) is 17.3 Å². The van der Waals surface area contributed by atoms with Crippen LogP contribution in [0.4, 0.5) is 0 Å². The highest BCUT2D eigenvalue weighted by atomic mass is 16.5. The van der Waals surface area contributed by atoms with Crippen molar-refractivity contribution in [1.29, 1.82) is 0 Å². The van der Waals surface area contributed by atoms with E-state index < -0.39 is 0 Å². The number of nitrogens with zero attached hydrogens (tertiary/aromatic N) is 1. The van der Waals surface area contributed by atoms with E-state index in [4.69, 9.17) is 13.6 Å². The van der Waals surface area contributed by atoms with Crippen molar-refractivity contribution in [1.82, 2.24) is 10.2 Å². The first-order valence-electron chi connectivity index (χ1n) is 9.06. The summed E-state index contributed by atoms with van der Waals surface area (Å²) >= 11 is 0. The van der Waals surface area contributed by atoms with Gasteiger partial charge in [-0.15, -0.1) is 0 Å². The minimum Gasteiger partial charge on any atom is -0.493 e. The van der Waals surface area contributed by atoms with E-state index in [1.807, 2.05) is 53.4 Å². The molecule has 1 atom stereocenters. The van der Waals surface area contributed by atoms with Crippen LogP contribution in [0.15, 0.2) is 69.9 Å². The molecular formula is C21H22N2O4. The first-order chi connectivity index (χ1) is 13.3. The molecule has 3 aromatic rings. The summed E-state index contributed by atoms with van der Waals surface area (Å²) in [5, 5.41) is 3.14. The van der Waals surface area contributed by atoms with Crippen molar-refractivity contribution in [2.75, 3.05) is 13.2 Å². The standard InChI is InChI=1S/C21H22N2O4/c24-21(22-19-9-12-27-20-8-2-1-7-18(19)20)15-23(13-16-5-3-10-25-16)14-17-6-4-11-26-17/h1-8,10-11,19H,9,12-15H2,(H,22,24). The molecule has 140 valence electrons. The van der Waals surface area contributed by atoms with E-state index in [1.54, 1.807) is 12.5 Å². The third-order valence-electron chi connectivity index (χ3n) is 4.58. The lowest BCUT2D eigenvalue weighted by atomic mass is 10.0. The minimum atomic E-state index is -0.0326. The van der Waals surface area contributed by atoms with Crippen molar-refractivity contribution in [3.63, 3.8) is 0 Å². The summed E-state index contributed by atoms with van der Waals surface area (Å²) in [4.78, 5) is 14.7. The normalized spacial score (nSPS) is 16.0. The van der Waals surface area contributed by atoms with E-state index in [1.165, 1.54) is 0 Å². The molecule has 3 heterocycles. The van der Waals surface area contributed by atoms with Crippen LogP contribution in [0.25, 0.3) is 0 Å². The Balaban J connectivity index is 1.42. The van der Waals surface area contributed by atoms with Crippen molar-refractivity contribution in [3.8, 4) is 5.75 Å². The van der Waals surface area contributed by atoms with E-state index in [2.05, 4.69) is 5.32 Å². The van der Waals surface area contributed by atoms with Crippen LogP contribution in [-0.2, 0) is 17.9 Å². The first-order valence-corrected chi connectivity index (χ1v) is 9.06. The predicted molar refractivity (Wildman–Crippen MR) is 99.0 cm³/mol. The van der Waals surface area contributed by atoms with Crippen LogP contribution in [-0.4, -0.2) is 24.0 Å². The van der Waals surface area contributed by atoms with Crippen molar-refractivity contribution in [2.24, 2.45) is 0 Å². The first kappa shape index (κ1) is 17.4. The predicted octanol–water partition coefficient (Wildman–Crippen LogP) is 3.51. The molecule has 0 saturated carbocycles. The Morgan fingerprint density at radius 2 is 1.70 bits per heavy atom. The number of rotatable bonds is 7. The Labute approximate surface area is 157 Å². The number of benzene rings is 1. The molecule has 0 spiro atoms. The smallest absolute Gasteiger partial charge is 0.234 e. The summed E-state index contributed by atoms with van der Waals surface area (Å²) in [5.74, 6) is 2.43. The molecule has 1 amide bonds. The van der Waals surface area contributed by atoms with Gasteiger partial charge in [0.25, 0.3) is 0 Å². The van der Waals surface area contributed by atoms with E-state index in [-0.39, 0.29) is 18.5 Å². The van der Waals surface area contributed by atoms with Crippen LogP contribution in [0.1, 0.15) is 29.5 Å². The number of fused-ring (bicyclic) bond motifs is 1. The van der Waals surface area contributed by atoms with Gasteiger partial charge >= 0.3 is 0 Å². The zero-order chi connectivity index (χ0) is 18.5. The second-order valence-corrected chi connectivity index (χ2v) is 6.60. The average Bonchev–Trinajstić information content (AvgIpc) is 3.36. The van der Waals surface area contributed by atoms with Gasteiger partial charge in [-0.05, 0) is 30.3 Å². The number of furan rings is 2. The molecule has 0 saturated heterocycles. The molecule has 6 heteroatoms. The third kappa shape index (κ3) is 4.41. The molecule has 1 aliphatic rings. The number of hydrogen-bond donors (Lipinski definition) is 1. The summed E-state index contributed by atoms with van der Waals surface area (Å²) in [6.45, 7) is 1.92. The maximum atomic E-state index is 12.7. The maximum absolute atomic E-state index is 12.7. The Bertz CT molecular complexity index is 822. The Morgan fingerprint density at radius 3 is 2.37 bits per heavy atom. The molecule has 2 aromatic heterocycles. The zero-order valence-corrected chi connectivity index (χ0v) is 15.0. The van der Waals surface area contributed by atoms with Gasteiger partial charge in [0.2, 0.25) is 5.91 Å². The Morgan fingerprint density at radius 1 is 1.00 bits per heavy atom. The number of amides is 1. The number of nitrogens with one attached hydrogen (secondary N) is 1. The topological polar surface area (TPSA) is 67.9 Å². The molecule has 1 aliphatic heterocycles. The van der Waals surface area contributed by atoms with Gasteiger partial charge < -0.3 is 18.9 Å². The average molecular weight is 366 g/mol. The van der Waals surface area contributed by atoms with Crippen LogP contribution in [0.2, 0.25) is 0 Å². The lowest BCUT2D eigenvalue weighted by Gasteiger charge is -2.28. The quantitative estimate of drug-likeness (QED) is 0.693. The van der Waals surface area contributed by atoms with Crippen LogP contribution < -0.4 is 10.1 Å². The number of carbonyl (C=O) groups is 1. The van der Waals surface area contributed by atoms with Crippen LogP contribution in [0.5, 0.6) is 5.75 Å². The van der Waals surface area contributed by atoms with Gasteiger partial charge in [-0.3, -0.25) is 9.69 Å². The summed E-state index contributed by atoms with van der Waals surface area (Å²) in [6, 6.07) is 15.3. The number of hydrogen-bond acceptors (Lipinski definition) is 5. The van der Waals surface area contributed by atoms with Gasteiger partial charge in [0, 0.05) is 12.0 Å². The molecule has 1 unspecified atom stereocenters. The minimum absolute atomic E-state index is 0.0310. The lowest BCUT2D eigenvalue weighted by Crippen LogP contribution is -2.39. The van der Waals surface area contributed by atoms with E-state index >= 15 is 0 Å². The fourth-order valence-electron chi connectivity index (χ4n) is 3.35. The second kappa shape index (κ2) is 8.14. The van der Waals surface area contributed by atoms with Gasteiger partial charge in [0.15, 0.2) is 0 Å². The van der Waals surface area contributed by atoms with E-state index in [0.717, 1.165) is 29.3 Å². The van der Waals surface area contributed by atoms with Crippen molar-refractivity contribution >= 4 is 5.91 Å². The number of para-hydroxylation sites is 1. The molecular weight excluding hydrogens is 344 g/mol. The summed E-state index contributed by atoms with van der Waals surface area (Å²) in [5.41, 5.74) is 1.03. The number of carbonyl (C=O) groups excluding carboxylic acids is 1. The van der Waals surface area contributed by atoms with Crippen molar-refractivity contribution in [3.05, 3.63) is 78.1 Å². The summed E-state index contributed by atoms with van der Waals surface area (Å²) in [6.07, 6.45) is 4.04. The maximum Gasteiger partial charge on any atom is 0.234 e. The fourth-order valence-corrected chi connectivity index (χ4v) is 3.35. The largest absolute Gasteiger partial charge is 0.493 e. The lowest BCUT2D eigenvalue weighted by molar-refractivity contribution is -0.123. The van der Waals surface area contributed by atoms with Crippen LogP contribution >= 0.6 is 0 Å². The van der Waals surface area contributed by atoms with Crippen molar-refractivity contribution < 1.29 is 18.4 Å².